The van der Waals surface area contributed by atoms with Crippen molar-refractivity contribution in [2.24, 2.45) is 0 Å². The molecule has 0 unspecified atom stereocenters. The van der Waals surface area contributed by atoms with Crippen LogP contribution in [-0.2, 0) is 22.7 Å². The molecule has 27 heavy (non-hydrogen) atoms. The quantitative estimate of drug-likeness (QED) is 0.707. The number of rotatable bonds is 7. The monoisotopic (exact) mass is 384 g/mol. The third kappa shape index (κ3) is 5.67. The Bertz CT molecular complexity index is 724. The zero-order valence-electron chi connectivity index (χ0n) is 16.0. The highest BCUT2D eigenvalue weighted by Crippen LogP contribution is 2.23. The molecule has 0 aliphatic heterocycles. The molecule has 5 heteroatoms. The van der Waals surface area contributed by atoms with Crippen molar-refractivity contribution in [3.8, 4) is 0 Å². The van der Waals surface area contributed by atoms with Gasteiger partial charge in [0.2, 0.25) is 11.8 Å². The Labute approximate surface area is 165 Å². The van der Waals surface area contributed by atoms with Crippen LogP contribution >= 0.6 is 11.3 Å². The van der Waals surface area contributed by atoms with Gasteiger partial charge in [-0.15, -0.1) is 11.3 Å². The van der Waals surface area contributed by atoms with Crippen LogP contribution in [0.2, 0.25) is 0 Å². The number of hydrogen-bond donors (Lipinski definition) is 0. The van der Waals surface area contributed by atoms with Gasteiger partial charge in [-0.2, -0.15) is 0 Å². The summed E-state index contributed by atoms with van der Waals surface area (Å²) < 4.78 is 0. The Morgan fingerprint density at radius 3 is 2.37 bits per heavy atom. The molecule has 3 rings (SSSR count). The van der Waals surface area contributed by atoms with Crippen molar-refractivity contribution >= 4 is 23.2 Å². The van der Waals surface area contributed by atoms with Gasteiger partial charge in [0.25, 0.3) is 0 Å². The summed E-state index contributed by atoms with van der Waals surface area (Å²) in [4.78, 5) is 30.2. The van der Waals surface area contributed by atoms with Gasteiger partial charge in [0.05, 0.1) is 6.54 Å². The van der Waals surface area contributed by atoms with Crippen molar-refractivity contribution in [3.63, 3.8) is 0 Å². The number of hydrogen-bond acceptors (Lipinski definition) is 3. The lowest BCUT2D eigenvalue weighted by Gasteiger charge is -2.35. The van der Waals surface area contributed by atoms with Gasteiger partial charge in [-0.25, -0.2) is 0 Å². The number of nitrogens with zero attached hydrogens (tertiary/aromatic N) is 2. The number of benzene rings is 1. The third-order valence-electron chi connectivity index (χ3n) is 5.22. The predicted octanol–water partition coefficient (Wildman–Crippen LogP) is 4.46. The first-order chi connectivity index (χ1) is 13.1. The van der Waals surface area contributed by atoms with Crippen LogP contribution in [0.25, 0.3) is 0 Å². The summed E-state index contributed by atoms with van der Waals surface area (Å²) in [6, 6.07) is 14.3. The van der Waals surface area contributed by atoms with Crippen molar-refractivity contribution in [1.82, 2.24) is 9.80 Å². The van der Waals surface area contributed by atoms with E-state index in [-0.39, 0.29) is 24.4 Å². The molecule has 1 aromatic heterocycles. The normalized spacial score (nSPS) is 14.7. The molecule has 1 aromatic carbocycles. The molecule has 1 aliphatic carbocycles. The van der Waals surface area contributed by atoms with Gasteiger partial charge >= 0.3 is 0 Å². The highest BCUT2D eigenvalue weighted by molar-refractivity contribution is 7.09. The molecule has 1 fully saturated rings. The predicted molar refractivity (Wildman–Crippen MR) is 109 cm³/mol. The van der Waals surface area contributed by atoms with E-state index in [1.165, 1.54) is 6.42 Å². The van der Waals surface area contributed by atoms with Gasteiger partial charge in [-0.3, -0.25) is 9.59 Å². The van der Waals surface area contributed by atoms with Crippen LogP contribution in [0, 0.1) is 0 Å². The summed E-state index contributed by atoms with van der Waals surface area (Å²) >= 11 is 1.66. The van der Waals surface area contributed by atoms with Crippen LogP contribution in [0.1, 0.15) is 49.5 Å². The Morgan fingerprint density at radius 1 is 1.00 bits per heavy atom. The van der Waals surface area contributed by atoms with Crippen LogP contribution < -0.4 is 0 Å². The molecule has 0 radical (unpaired) electrons. The second-order valence-electron chi connectivity index (χ2n) is 7.25. The molecule has 0 atom stereocenters. The summed E-state index contributed by atoms with van der Waals surface area (Å²) in [6.07, 6.45) is 5.54. The molecule has 1 aliphatic rings. The topological polar surface area (TPSA) is 40.6 Å². The molecule has 0 spiro atoms. The minimum Gasteiger partial charge on any atom is -0.332 e. The van der Waals surface area contributed by atoms with E-state index in [1.54, 1.807) is 23.2 Å². The fourth-order valence-corrected chi connectivity index (χ4v) is 4.48. The van der Waals surface area contributed by atoms with Crippen molar-refractivity contribution in [2.75, 3.05) is 6.54 Å². The maximum absolute atomic E-state index is 13.2. The summed E-state index contributed by atoms with van der Waals surface area (Å²) in [5.41, 5.74) is 1.11. The van der Waals surface area contributed by atoms with Crippen LogP contribution in [0.5, 0.6) is 0 Å². The van der Waals surface area contributed by atoms with Crippen molar-refractivity contribution < 1.29 is 9.59 Å². The Balaban J connectivity index is 1.72. The Hall–Kier alpha value is -2.14. The van der Waals surface area contributed by atoms with E-state index < -0.39 is 0 Å². The molecule has 144 valence electrons. The highest BCUT2D eigenvalue weighted by atomic mass is 32.1. The maximum atomic E-state index is 13.2. The lowest BCUT2D eigenvalue weighted by atomic mass is 9.94. The minimum absolute atomic E-state index is 0.00559. The fraction of sp³-hybridized carbons (Fsp3) is 0.455. The van der Waals surface area contributed by atoms with Crippen LogP contribution in [0.4, 0.5) is 0 Å². The maximum Gasteiger partial charge on any atom is 0.242 e. The average molecular weight is 385 g/mol. The van der Waals surface area contributed by atoms with Crippen molar-refractivity contribution in [1.29, 1.82) is 0 Å². The fourth-order valence-electron chi connectivity index (χ4n) is 3.76. The highest BCUT2D eigenvalue weighted by Gasteiger charge is 2.27. The van der Waals surface area contributed by atoms with Gasteiger partial charge in [0.1, 0.15) is 6.54 Å². The zero-order chi connectivity index (χ0) is 19.1. The number of carbonyl (C=O) groups excluding carboxylic acids is 2. The average Bonchev–Trinajstić information content (AvgIpc) is 3.20. The summed E-state index contributed by atoms with van der Waals surface area (Å²) in [7, 11) is 0. The summed E-state index contributed by atoms with van der Waals surface area (Å²) in [6.45, 7) is 2.91. The van der Waals surface area contributed by atoms with Gasteiger partial charge in [0, 0.05) is 24.4 Å². The Morgan fingerprint density at radius 2 is 1.74 bits per heavy atom. The smallest absolute Gasteiger partial charge is 0.242 e. The molecule has 2 aromatic rings. The zero-order valence-corrected chi connectivity index (χ0v) is 16.8. The second-order valence-corrected chi connectivity index (χ2v) is 8.29. The van der Waals surface area contributed by atoms with Crippen molar-refractivity contribution in [3.05, 3.63) is 58.3 Å². The number of amides is 2. The first-order valence-electron chi connectivity index (χ1n) is 9.75. The van der Waals surface area contributed by atoms with Crippen LogP contribution in [-0.4, -0.2) is 34.2 Å². The van der Waals surface area contributed by atoms with Crippen LogP contribution in [0.3, 0.4) is 0 Å². The second kappa shape index (κ2) is 9.70. The van der Waals surface area contributed by atoms with E-state index in [1.807, 2.05) is 46.7 Å². The van der Waals surface area contributed by atoms with E-state index in [2.05, 4.69) is 6.07 Å². The summed E-state index contributed by atoms with van der Waals surface area (Å²) in [5.74, 6) is 0.0269. The van der Waals surface area contributed by atoms with E-state index in [0.717, 1.165) is 36.1 Å². The molecule has 2 amide bonds. The van der Waals surface area contributed by atoms with E-state index in [9.17, 15) is 9.59 Å². The number of thiophene rings is 1. The third-order valence-corrected chi connectivity index (χ3v) is 6.08. The Kier molecular flexibility index (Phi) is 7.04. The first kappa shape index (κ1) is 19.6. The molecule has 0 bridgehead atoms. The summed E-state index contributed by atoms with van der Waals surface area (Å²) in [5, 5.41) is 2.03. The van der Waals surface area contributed by atoms with Gasteiger partial charge in [-0.1, -0.05) is 55.7 Å². The van der Waals surface area contributed by atoms with Gasteiger partial charge < -0.3 is 9.80 Å². The molecular formula is C22H28N2O2S. The molecule has 0 saturated heterocycles. The lowest BCUT2D eigenvalue weighted by Crippen LogP contribution is -2.47. The van der Waals surface area contributed by atoms with E-state index in [4.69, 9.17) is 0 Å². The molecule has 4 nitrogen and oxygen atoms in total. The molecule has 1 saturated carbocycles. The standard InChI is InChI=1S/C22H28N2O2S/c1-18(25)24(20-11-6-3-7-12-20)17-22(26)23(16-21-13-8-14-27-21)15-19-9-4-2-5-10-19/h2,4-5,8-10,13-14,20H,3,6-7,11-12,15-17H2,1H3. The first-order valence-corrected chi connectivity index (χ1v) is 10.6. The molecule has 0 N–H and O–H groups in total. The SMILES string of the molecule is CC(=O)N(CC(=O)N(Cc1ccccc1)Cc1cccs1)C1CCCCC1. The van der Waals surface area contributed by atoms with Crippen molar-refractivity contribution in [2.45, 2.75) is 58.2 Å². The largest absolute Gasteiger partial charge is 0.332 e. The van der Waals surface area contributed by atoms with E-state index >= 15 is 0 Å². The van der Waals surface area contributed by atoms with Gasteiger partial charge in [0.15, 0.2) is 0 Å². The van der Waals surface area contributed by atoms with E-state index in [0.29, 0.717) is 13.1 Å². The lowest BCUT2D eigenvalue weighted by molar-refractivity contribution is -0.142. The van der Waals surface area contributed by atoms with Gasteiger partial charge in [-0.05, 0) is 29.9 Å². The molecular weight excluding hydrogens is 356 g/mol. The van der Waals surface area contributed by atoms with Crippen LogP contribution in [0.15, 0.2) is 47.8 Å². The number of carbonyl (C=O) groups is 2. The molecule has 1 heterocycles. The minimum atomic E-state index is 0.00559.